The summed E-state index contributed by atoms with van der Waals surface area (Å²) in [6.45, 7) is 2.10. The van der Waals surface area contributed by atoms with Gasteiger partial charge in [-0.15, -0.1) is 0 Å². The van der Waals surface area contributed by atoms with E-state index in [4.69, 9.17) is 22.4 Å². The number of aromatic nitrogens is 1. The van der Waals surface area contributed by atoms with Crippen molar-refractivity contribution in [3.8, 4) is 0 Å². The third-order valence-corrected chi connectivity index (χ3v) is 1.97. The summed E-state index contributed by atoms with van der Waals surface area (Å²) >= 11 is 5.73. The van der Waals surface area contributed by atoms with E-state index in [1.807, 2.05) is 6.92 Å². The number of rotatable bonds is 4. The maximum Gasteiger partial charge on any atom is 0.133 e. The molecular formula is C9H14ClN3O. The molecule has 5 heteroatoms. The fourth-order valence-electron chi connectivity index (χ4n) is 1.11. The van der Waals surface area contributed by atoms with Gasteiger partial charge in [-0.3, -0.25) is 0 Å². The molecule has 4 N–H and O–H groups in total. The zero-order valence-electron chi connectivity index (χ0n) is 8.00. The third kappa shape index (κ3) is 3.40. The topological polar surface area (TPSA) is 71.2 Å². The summed E-state index contributed by atoms with van der Waals surface area (Å²) in [7, 11) is 0. The van der Waals surface area contributed by atoms with Gasteiger partial charge in [-0.05, 0) is 19.4 Å². The van der Waals surface area contributed by atoms with Crippen LogP contribution in [0.1, 0.15) is 13.3 Å². The van der Waals surface area contributed by atoms with Crippen molar-refractivity contribution in [1.29, 1.82) is 0 Å². The average Bonchev–Trinajstić information content (AvgIpc) is 2.01. The molecule has 14 heavy (non-hydrogen) atoms. The van der Waals surface area contributed by atoms with E-state index in [0.717, 1.165) is 0 Å². The summed E-state index contributed by atoms with van der Waals surface area (Å²) in [5.41, 5.74) is 6.17. The van der Waals surface area contributed by atoms with E-state index in [9.17, 15) is 0 Å². The molecular weight excluding hydrogens is 202 g/mol. The van der Waals surface area contributed by atoms with Crippen molar-refractivity contribution in [3.63, 3.8) is 0 Å². The van der Waals surface area contributed by atoms with Crippen LogP contribution in [0.15, 0.2) is 12.1 Å². The highest BCUT2D eigenvalue weighted by molar-refractivity contribution is 6.29. The number of nitrogens with zero attached hydrogens (tertiary/aromatic N) is 1. The van der Waals surface area contributed by atoms with Gasteiger partial charge in [-0.2, -0.15) is 0 Å². The van der Waals surface area contributed by atoms with Crippen molar-refractivity contribution >= 4 is 23.1 Å². The van der Waals surface area contributed by atoms with Gasteiger partial charge in [-0.25, -0.2) is 4.98 Å². The van der Waals surface area contributed by atoms with Gasteiger partial charge in [0.1, 0.15) is 11.0 Å². The Morgan fingerprint density at radius 1 is 1.64 bits per heavy atom. The number of halogens is 1. The lowest BCUT2D eigenvalue weighted by atomic mass is 10.2. The van der Waals surface area contributed by atoms with Crippen molar-refractivity contribution in [2.75, 3.05) is 17.7 Å². The summed E-state index contributed by atoms with van der Waals surface area (Å²) in [6, 6.07) is 3.44. The smallest absolute Gasteiger partial charge is 0.133 e. The molecule has 1 aromatic rings. The number of hydrogen-bond acceptors (Lipinski definition) is 4. The maximum atomic E-state index is 8.71. The molecule has 78 valence electrons. The maximum absolute atomic E-state index is 8.71. The van der Waals surface area contributed by atoms with Gasteiger partial charge >= 0.3 is 0 Å². The summed E-state index contributed by atoms with van der Waals surface area (Å²) in [5.74, 6) is 0.635. The van der Waals surface area contributed by atoms with Gasteiger partial charge in [0.05, 0.1) is 0 Å². The van der Waals surface area contributed by atoms with Gasteiger partial charge in [0.25, 0.3) is 0 Å². The van der Waals surface area contributed by atoms with E-state index >= 15 is 0 Å². The Labute approximate surface area is 88.1 Å². The molecule has 1 atom stereocenters. The predicted octanol–water partition coefficient (Wildman–Crippen LogP) is 1.50. The van der Waals surface area contributed by atoms with E-state index < -0.39 is 0 Å². The minimum atomic E-state index is 0.143. The quantitative estimate of drug-likeness (QED) is 0.666. The van der Waals surface area contributed by atoms with Crippen molar-refractivity contribution in [2.24, 2.45) is 0 Å². The number of aliphatic hydroxyl groups excluding tert-OH is 1. The highest BCUT2D eigenvalue weighted by atomic mass is 35.5. The van der Waals surface area contributed by atoms with Crippen molar-refractivity contribution < 1.29 is 5.11 Å². The minimum absolute atomic E-state index is 0.143. The first-order valence-corrected chi connectivity index (χ1v) is 4.80. The number of nitrogen functional groups attached to an aromatic ring is 1. The highest BCUT2D eigenvalue weighted by Gasteiger charge is 2.03. The molecule has 0 aromatic carbocycles. The average molecular weight is 216 g/mol. The molecule has 0 amide bonds. The first-order chi connectivity index (χ1) is 6.61. The standard InChI is InChI=1S/C9H14ClN3O/c1-6(2-3-14)12-9-5-7(11)4-8(10)13-9/h4-6,14H,2-3H2,1H3,(H3,11,12,13). The molecule has 0 fully saturated rings. The third-order valence-electron chi connectivity index (χ3n) is 1.77. The van der Waals surface area contributed by atoms with Crippen LogP contribution in [0.4, 0.5) is 11.5 Å². The Morgan fingerprint density at radius 2 is 2.36 bits per heavy atom. The second kappa shape index (κ2) is 5.02. The zero-order chi connectivity index (χ0) is 10.6. The summed E-state index contributed by atoms with van der Waals surface area (Å²) in [4.78, 5) is 4.05. The Hall–Kier alpha value is -1.00. The molecule has 0 aliphatic carbocycles. The molecule has 4 nitrogen and oxygen atoms in total. The van der Waals surface area contributed by atoms with E-state index in [2.05, 4.69) is 10.3 Å². The first-order valence-electron chi connectivity index (χ1n) is 4.42. The summed E-state index contributed by atoms with van der Waals surface area (Å²) in [5, 5.41) is 12.2. The molecule has 0 bridgehead atoms. The normalized spacial score (nSPS) is 12.5. The van der Waals surface area contributed by atoms with E-state index in [1.165, 1.54) is 0 Å². The lowest BCUT2D eigenvalue weighted by molar-refractivity contribution is 0.282. The second-order valence-electron chi connectivity index (χ2n) is 3.17. The fourth-order valence-corrected chi connectivity index (χ4v) is 1.33. The Balaban J connectivity index is 2.66. The van der Waals surface area contributed by atoms with Gasteiger partial charge in [0.15, 0.2) is 0 Å². The number of aliphatic hydroxyl groups is 1. The van der Waals surface area contributed by atoms with Crippen molar-refractivity contribution in [2.45, 2.75) is 19.4 Å². The molecule has 1 heterocycles. The van der Waals surface area contributed by atoms with E-state index in [1.54, 1.807) is 12.1 Å². The number of anilines is 2. The first kappa shape index (κ1) is 11.1. The van der Waals surface area contributed by atoms with E-state index in [-0.39, 0.29) is 12.6 Å². The van der Waals surface area contributed by atoms with Gasteiger partial charge in [0, 0.05) is 24.4 Å². The summed E-state index contributed by atoms with van der Waals surface area (Å²) in [6.07, 6.45) is 0.661. The molecule has 0 spiro atoms. The molecule has 1 unspecified atom stereocenters. The Kier molecular flexibility index (Phi) is 3.98. The largest absolute Gasteiger partial charge is 0.399 e. The van der Waals surface area contributed by atoms with Crippen LogP contribution >= 0.6 is 11.6 Å². The Bertz CT molecular complexity index is 286. The lowest BCUT2D eigenvalue weighted by Crippen LogP contribution is -2.17. The van der Waals surface area contributed by atoms with Crippen molar-refractivity contribution in [1.82, 2.24) is 4.98 Å². The molecule has 0 radical (unpaired) electrons. The fraction of sp³-hybridized carbons (Fsp3) is 0.444. The van der Waals surface area contributed by atoms with Gasteiger partial charge in [-0.1, -0.05) is 11.6 Å². The van der Waals surface area contributed by atoms with Crippen LogP contribution in [0.5, 0.6) is 0 Å². The molecule has 0 aliphatic heterocycles. The van der Waals surface area contributed by atoms with Crippen LogP contribution in [0.25, 0.3) is 0 Å². The Morgan fingerprint density at radius 3 is 2.93 bits per heavy atom. The second-order valence-corrected chi connectivity index (χ2v) is 3.55. The van der Waals surface area contributed by atoms with Crippen LogP contribution in [0.3, 0.4) is 0 Å². The number of hydrogen-bond donors (Lipinski definition) is 3. The van der Waals surface area contributed by atoms with Crippen LogP contribution in [0, 0.1) is 0 Å². The monoisotopic (exact) mass is 215 g/mol. The number of nitrogens with one attached hydrogen (secondary N) is 1. The number of nitrogens with two attached hydrogens (primary N) is 1. The van der Waals surface area contributed by atoms with E-state index in [0.29, 0.717) is 23.1 Å². The van der Waals surface area contributed by atoms with Gasteiger partial charge < -0.3 is 16.2 Å². The minimum Gasteiger partial charge on any atom is -0.399 e. The molecule has 0 saturated heterocycles. The van der Waals surface area contributed by atoms with Crippen LogP contribution in [-0.2, 0) is 0 Å². The van der Waals surface area contributed by atoms with Gasteiger partial charge in [0.2, 0.25) is 0 Å². The summed E-state index contributed by atoms with van der Waals surface area (Å²) < 4.78 is 0. The molecule has 1 aromatic heterocycles. The van der Waals surface area contributed by atoms with Crippen LogP contribution < -0.4 is 11.1 Å². The molecule has 0 saturated carbocycles. The molecule has 1 rings (SSSR count). The molecule has 0 aliphatic rings. The SMILES string of the molecule is CC(CCO)Nc1cc(N)cc(Cl)n1. The highest BCUT2D eigenvalue weighted by Crippen LogP contribution is 2.16. The zero-order valence-corrected chi connectivity index (χ0v) is 8.75. The lowest BCUT2D eigenvalue weighted by Gasteiger charge is -2.13. The number of pyridine rings is 1. The predicted molar refractivity (Wildman–Crippen MR) is 58.4 cm³/mol. The van der Waals surface area contributed by atoms with Crippen molar-refractivity contribution in [3.05, 3.63) is 17.3 Å². The van der Waals surface area contributed by atoms with Crippen LogP contribution in [0.2, 0.25) is 5.15 Å². The van der Waals surface area contributed by atoms with Crippen LogP contribution in [-0.4, -0.2) is 22.7 Å².